The zero-order chi connectivity index (χ0) is 21.7. The second-order valence-corrected chi connectivity index (χ2v) is 10.4. The van der Waals surface area contributed by atoms with Crippen molar-refractivity contribution in [2.24, 2.45) is 0 Å². The Morgan fingerprint density at radius 3 is 2.67 bits per heavy atom. The fourth-order valence-corrected chi connectivity index (χ4v) is 3.99. The first kappa shape index (κ1) is 22.3. The third-order valence-corrected chi connectivity index (χ3v) is 7.18. The summed E-state index contributed by atoms with van der Waals surface area (Å²) in [6, 6.07) is 15.0. The van der Waals surface area contributed by atoms with Crippen molar-refractivity contribution in [1.82, 2.24) is 9.97 Å². The van der Waals surface area contributed by atoms with Crippen LogP contribution < -0.4 is 10.5 Å². The molecule has 0 radical (unpaired) electrons. The van der Waals surface area contributed by atoms with E-state index in [0.29, 0.717) is 6.61 Å². The number of phenols is 1. The van der Waals surface area contributed by atoms with Crippen LogP contribution in [0.1, 0.15) is 25.8 Å². The molecule has 0 aliphatic rings. The van der Waals surface area contributed by atoms with Gasteiger partial charge < -0.3 is 15.6 Å². The average Bonchev–Trinajstić information content (AvgIpc) is 2.69. The summed E-state index contributed by atoms with van der Waals surface area (Å²) in [4.78, 5) is 9.66. The predicted octanol–water partition coefficient (Wildman–Crippen LogP) is 4.88. The highest BCUT2D eigenvalue weighted by Gasteiger charge is 2.23. The molecule has 0 amide bonds. The van der Waals surface area contributed by atoms with Crippen LogP contribution in [0.25, 0.3) is 11.3 Å². The van der Waals surface area contributed by atoms with E-state index in [9.17, 15) is 5.11 Å². The normalized spacial score (nSPS) is 11.5. The molecule has 0 saturated heterocycles. The number of aryl methyl sites for hydroxylation is 1. The lowest BCUT2D eigenvalue weighted by atomic mass is 10.1. The monoisotopic (exact) mass is 442 g/mol. The van der Waals surface area contributed by atoms with Gasteiger partial charge in [-0.3, -0.25) is 0 Å². The van der Waals surface area contributed by atoms with E-state index in [2.05, 4.69) is 30.1 Å². The summed E-state index contributed by atoms with van der Waals surface area (Å²) in [6.45, 7) is 7.20. The molecule has 3 N–H and O–H groups in total. The van der Waals surface area contributed by atoms with Gasteiger partial charge >= 0.3 is 0 Å². The van der Waals surface area contributed by atoms with Crippen LogP contribution >= 0.6 is 11.8 Å². The largest absolute Gasteiger partial charge is 0.508 e. The number of anilines is 1. The van der Waals surface area contributed by atoms with E-state index < -0.39 is 0 Å². The number of rotatable bonds is 8. The van der Waals surface area contributed by atoms with Gasteiger partial charge in [-0.25, -0.2) is 9.97 Å². The van der Waals surface area contributed by atoms with E-state index in [0.717, 1.165) is 38.9 Å². The summed E-state index contributed by atoms with van der Waals surface area (Å²) in [6.07, 6.45) is 3.16. The molecule has 158 valence electrons. The third kappa shape index (κ3) is 6.06. The summed E-state index contributed by atoms with van der Waals surface area (Å²) in [5, 5.41) is 10.4. The number of hydrogen-bond acceptors (Lipinski definition) is 6. The smallest absolute Gasteiger partial charge is 0.221 e. The first-order valence-electron chi connectivity index (χ1n) is 9.72. The van der Waals surface area contributed by atoms with E-state index in [1.54, 1.807) is 18.2 Å². The lowest BCUT2D eigenvalue weighted by molar-refractivity contribution is 0.297. The maximum atomic E-state index is 9.70. The van der Waals surface area contributed by atoms with Crippen LogP contribution in [0.4, 0.5) is 5.95 Å². The van der Waals surface area contributed by atoms with Crippen LogP contribution in [0.5, 0.6) is 11.5 Å². The van der Waals surface area contributed by atoms with Gasteiger partial charge in [0.25, 0.3) is 0 Å². The lowest BCUT2D eigenvalue weighted by Gasteiger charge is -2.16. The lowest BCUT2D eigenvalue weighted by Crippen LogP contribution is -2.24. The van der Waals surface area contributed by atoms with Gasteiger partial charge in [0, 0.05) is 16.9 Å². The summed E-state index contributed by atoms with van der Waals surface area (Å²) >= 11 is 2.79. The van der Waals surface area contributed by atoms with Crippen molar-refractivity contribution in [2.75, 3.05) is 18.6 Å². The van der Waals surface area contributed by atoms with E-state index in [1.807, 2.05) is 37.3 Å². The molecule has 5 nitrogen and oxygen atoms in total. The number of phenolic OH excluding ortho intramolecular Hbond substituents is 1. The van der Waals surface area contributed by atoms with Crippen molar-refractivity contribution in [3.63, 3.8) is 0 Å². The quantitative estimate of drug-likeness (QED) is 0.294. The fourth-order valence-electron chi connectivity index (χ4n) is 2.80. The Labute approximate surface area is 186 Å². The molecule has 0 saturated carbocycles. The Balaban J connectivity index is 1.83. The molecule has 3 rings (SSSR count). The number of hydrogen-bond donors (Lipinski definition) is 2. The average molecular weight is 443 g/mol. The van der Waals surface area contributed by atoms with Crippen molar-refractivity contribution in [3.8, 4) is 22.8 Å². The van der Waals surface area contributed by atoms with Crippen LogP contribution in [0.3, 0.4) is 0 Å². The molecule has 3 aromatic rings. The molecule has 0 aliphatic carbocycles. The number of aromatic hydroxyl groups is 1. The van der Waals surface area contributed by atoms with Gasteiger partial charge in [0.05, 0.1) is 18.6 Å². The van der Waals surface area contributed by atoms with Gasteiger partial charge in [-0.2, -0.15) is 0 Å². The van der Waals surface area contributed by atoms with E-state index in [-0.39, 0.29) is 16.4 Å². The summed E-state index contributed by atoms with van der Waals surface area (Å²) in [5.41, 5.74) is 8.79. The summed E-state index contributed by atoms with van der Waals surface area (Å²) in [5.74, 6) is 1.25. The van der Waals surface area contributed by atoms with Crippen molar-refractivity contribution in [1.29, 1.82) is 0 Å². The number of nitrogens with two attached hydrogens (primary N) is 1. The Kier molecular flexibility index (Phi) is 7.15. The number of nitrogens with zero attached hydrogens (tertiary/aromatic N) is 2. The Bertz CT molecular complexity index is 1030. The van der Waals surface area contributed by atoms with Gasteiger partial charge in [-0.15, -0.1) is 0 Å². The molecule has 0 fully saturated rings. The zero-order valence-electron chi connectivity index (χ0n) is 17.7. The Morgan fingerprint density at radius 1 is 1.13 bits per heavy atom. The Morgan fingerprint density at radius 2 is 1.93 bits per heavy atom. The summed E-state index contributed by atoms with van der Waals surface area (Å²) in [7, 11) is 0. The van der Waals surface area contributed by atoms with Gasteiger partial charge in [-0.05, 0) is 74.5 Å². The van der Waals surface area contributed by atoms with Crippen molar-refractivity contribution >= 4 is 29.5 Å². The number of aromatic nitrogens is 2. The molecule has 1 aromatic heterocycles. The van der Waals surface area contributed by atoms with Crippen molar-refractivity contribution in [3.05, 3.63) is 54.1 Å². The highest BCUT2D eigenvalue weighted by molar-refractivity contribution is 7.99. The fraction of sp³-hybridized carbons (Fsp3) is 0.304. The number of thiol groups is 1. The topological polar surface area (TPSA) is 81.3 Å². The molecule has 30 heavy (non-hydrogen) atoms. The zero-order valence-corrected chi connectivity index (χ0v) is 19.4. The molecule has 7 heteroatoms. The molecule has 1 heterocycles. The second kappa shape index (κ2) is 9.62. The van der Waals surface area contributed by atoms with Crippen molar-refractivity contribution in [2.45, 2.75) is 41.9 Å². The minimum absolute atomic E-state index is 0.213. The minimum atomic E-state index is 0.213. The van der Waals surface area contributed by atoms with E-state index in [1.165, 1.54) is 23.5 Å². The van der Waals surface area contributed by atoms with Crippen LogP contribution in [0.15, 0.2) is 58.5 Å². The summed E-state index contributed by atoms with van der Waals surface area (Å²) < 4.78 is 6.26. The minimum Gasteiger partial charge on any atom is -0.508 e. The van der Waals surface area contributed by atoms with E-state index in [4.69, 9.17) is 10.5 Å². The molecule has 0 spiro atoms. The first-order chi connectivity index (χ1) is 14.3. The SMILES string of the molecule is C[SH+]C(C)(C)CCOc1ccc(C)c(-c2cc(Sc3cccc(O)c3)nc(N)n2)c1. The molecular formula is C23H28N3O2S2+. The van der Waals surface area contributed by atoms with Gasteiger partial charge in [0.2, 0.25) is 5.95 Å². The highest BCUT2D eigenvalue weighted by atomic mass is 32.2. The number of benzene rings is 2. The molecule has 0 aliphatic heterocycles. The van der Waals surface area contributed by atoms with Crippen molar-refractivity contribution < 1.29 is 9.84 Å². The van der Waals surface area contributed by atoms with Crippen LogP contribution in [0.2, 0.25) is 0 Å². The second-order valence-electron chi connectivity index (χ2n) is 7.66. The molecule has 2 aromatic carbocycles. The first-order valence-corrected chi connectivity index (χ1v) is 11.9. The van der Waals surface area contributed by atoms with Crippen LogP contribution in [-0.2, 0) is 11.8 Å². The molecular weight excluding hydrogens is 414 g/mol. The van der Waals surface area contributed by atoms with E-state index >= 15 is 0 Å². The number of ether oxygens (including phenoxy) is 1. The molecule has 0 unspecified atom stereocenters. The Hall–Kier alpha value is -2.38. The van der Waals surface area contributed by atoms with Gasteiger partial charge in [-0.1, -0.05) is 23.9 Å². The molecule has 0 atom stereocenters. The number of nitrogen functional groups attached to an aromatic ring is 1. The van der Waals surface area contributed by atoms with Crippen LogP contribution in [0, 0.1) is 6.92 Å². The highest BCUT2D eigenvalue weighted by Crippen LogP contribution is 2.33. The standard InChI is InChI=1S/C23H27N3O2S2/c1-15-8-9-17(28-11-10-23(2,3)29-4)13-19(15)20-14-21(26-22(24)25-20)30-18-7-5-6-16(27)12-18/h5-9,12-14,27H,10-11H2,1-4H3,(H2,24,25,26)/p+1. The van der Waals surface area contributed by atoms with Gasteiger partial charge in [0.15, 0.2) is 0 Å². The van der Waals surface area contributed by atoms with Crippen LogP contribution in [-0.4, -0.2) is 32.7 Å². The third-order valence-electron chi connectivity index (χ3n) is 4.83. The maximum Gasteiger partial charge on any atom is 0.221 e. The van der Waals surface area contributed by atoms with Gasteiger partial charge in [0.1, 0.15) is 21.3 Å². The maximum absolute atomic E-state index is 9.70. The molecule has 0 bridgehead atoms. The predicted molar refractivity (Wildman–Crippen MR) is 128 cm³/mol.